The predicted octanol–water partition coefficient (Wildman–Crippen LogP) is 4.77. The van der Waals surface area contributed by atoms with Gasteiger partial charge in [-0.2, -0.15) is 5.26 Å². The molecule has 0 spiro atoms. The van der Waals surface area contributed by atoms with Crippen LogP contribution in [0.3, 0.4) is 0 Å². The van der Waals surface area contributed by atoms with E-state index < -0.39 is 5.91 Å². The number of hydrogen-bond acceptors (Lipinski definition) is 5. The Morgan fingerprint density at radius 2 is 1.69 bits per heavy atom. The zero-order valence-electron chi connectivity index (χ0n) is 17.4. The van der Waals surface area contributed by atoms with Gasteiger partial charge in [-0.15, -0.1) is 0 Å². The molecule has 6 heteroatoms. The fraction of sp³-hybridized carbons (Fsp3) is 0.304. The molecule has 6 nitrogen and oxygen atoms in total. The van der Waals surface area contributed by atoms with Crippen molar-refractivity contribution in [2.75, 3.05) is 26.6 Å². The third-order valence-corrected chi connectivity index (χ3v) is 4.71. The van der Waals surface area contributed by atoms with Gasteiger partial charge < -0.3 is 19.5 Å². The normalized spacial score (nSPS) is 11.9. The Labute approximate surface area is 171 Å². The monoisotopic (exact) mass is 394 g/mol. The summed E-state index contributed by atoms with van der Waals surface area (Å²) in [5.74, 6) is 1.29. The first-order chi connectivity index (χ1) is 14.0. The molecule has 29 heavy (non-hydrogen) atoms. The molecule has 0 saturated carbocycles. The fourth-order valence-corrected chi connectivity index (χ4v) is 2.83. The number of nitriles is 1. The van der Waals surface area contributed by atoms with E-state index in [1.54, 1.807) is 12.1 Å². The standard InChI is InChI=1S/C23H26N2O4/c1-6-15(2)17-7-9-19(10-8-17)25-23(26)18(14-24)11-16-12-20(27-3)22(29-5)21(13-16)28-4/h7-13,15H,6H2,1-5H3,(H,25,26)/b18-11+/t15-/m0/s1. The van der Waals surface area contributed by atoms with Crippen molar-refractivity contribution in [3.8, 4) is 23.3 Å². The minimum Gasteiger partial charge on any atom is -0.493 e. The van der Waals surface area contributed by atoms with Crippen LogP contribution in [0.4, 0.5) is 5.69 Å². The van der Waals surface area contributed by atoms with Crippen molar-refractivity contribution in [3.05, 3.63) is 53.1 Å². The number of amides is 1. The van der Waals surface area contributed by atoms with Crippen molar-refractivity contribution >= 4 is 17.7 Å². The van der Waals surface area contributed by atoms with E-state index in [0.29, 0.717) is 34.4 Å². The molecule has 0 aromatic heterocycles. The van der Waals surface area contributed by atoms with Gasteiger partial charge in [-0.1, -0.05) is 26.0 Å². The second kappa shape index (κ2) is 10.2. The van der Waals surface area contributed by atoms with Crippen LogP contribution in [-0.2, 0) is 4.79 Å². The number of carbonyl (C=O) groups excluding carboxylic acids is 1. The van der Waals surface area contributed by atoms with Gasteiger partial charge in [-0.3, -0.25) is 4.79 Å². The first kappa shape index (κ1) is 21.8. The van der Waals surface area contributed by atoms with Gasteiger partial charge in [0.2, 0.25) is 5.75 Å². The molecule has 2 aromatic rings. The molecule has 0 aliphatic rings. The molecule has 0 heterocycles. The van der Waals surface area contributed by atoms with Gasteiger partial charge in [0.05, 0.1) is 21.3 Å². The average Bonchev–Trinajstić information content (AvgIpc) is 2.76. The smallest absolute Gasteiger partial charge is 0.266 e. The Balaban J connectivity index is 2.27. The van der Waals surface area contributed by atoms with E-state index in [2.05, 4.69) is 19.2 Å². The zero-order chi connectivity index (χ0) is 21.4. The van der Waals surface area contributed by atoms with Crippen LogP contribution in [0.1, 0.15) is 37.3 Å². The largest absolute Gasteiger partial charge is 0.493 e. The minimum absolute atomic E-state index is 0.0368. The number of anilines is 1. The lowest BCUT2D eigenvalue weighted by molar-refractivity contribution is -0.112. The summed E-state index contributed by atoms with van der Waals surface area (Å²) in [5.41, 5.74) is 2.38. The summed E-state index contributed by atoms with van der Waals surface area (Å²) >= 11 is 0. The van der Waals surface area contributed by atoms with Gasteiger partial charge in [0.15, 0.2) is 11.5 Å². The van der Waals surface area contributed by atoms with E-state index in [0.717, 1.165) is 6.42 Å². The molecule has 0 saturated heterocycles. The summed E-state index contributed by atoms with van der Waals surface area (Å²) in [6.07, 6.45) is 2.52. The Bertz CT molecular complexity index is 902. The number of methoxy groups -OCH3 is 3. The van der Waals surface area contributed by atoms with Crippen LogP contribution in [0.15, 0.2) is 42.0 Å². The predicted molar refractivity (Wildman–Crippen MR) is 113 cm³/mol. The van der Waals surface area contributed by atoms with E-state index in [9.17, 15) is 10.1 Å². The van der Waals surface area contributed by atoms with E-state index >= 15 is 0 Å². The molecule has 0 aliphatic heterocycles. The number of ether oxygens (including phenoxy) is 3. The molecule has 0 unspecified atom stereocenters. The summed E-state index contributed by atoms with van der Waals surface area (Å²) in [6.45, 7) is 4.29. The lowest BCUT2D eigenvalue weighted by Crippen LogP contribution is -2.13. The molecule has 152 valence electrons. The van der Waals surface area contributed by atoms with Crippen molar-refractivity contribution in [2.24, 2.45) is 0 Å². The van der Waals surface area contributed by atoms with Crippen LogP contribution >= 0.6 is 0 Å². The van der Waals surface area contributed by atoms with Gasteiger partial charge in [-0.25, -0.2) is 0 Å². The SMILES string of the molecule is CC[C@H](C)c1ccc(NC(=O)/C(C#N)=C/c2cc(OC)c(OC)c(OC)c2)cc1. The molecule has 0 bridgehead atoms. The Hall–Kier alpha value is -3.46. The number of nitrogens with zero attached hydrogens (tertiary/aromatic N) is 1. The summed E-state index contributed by atoms with van der Waals surface area (Å²) < 4.78 is 15.9. The first-order valence-corrected chi connectivity index (χ1v) is 9.30. The number of carbonyl (C=O) groups is 1. The number of rotatable bonds is 8. The number of hydrogen-bond donors (Lipinski definition) is 1. The molecule has 2 rings (SSSR count). The van der Waals surface area contributed by atoms with Gasteiger partial charge in [0.25, 0.3) is 5.91 Å². The van der Waals surface area contributed by atoms with Crippen LogP contribution in [0.5, 0.6) is 17.2 Å². The molecule has 0 aliphatic carbocycles. The van der Waals surface area contributed by atoms with Crippen LogP contribution in [-0.4, -0.2) is 27.2 Å². The van der Waals surface area contributed by atoms with Gasteiger partial charge in [0.1, 0.15) is 11.6 Å². The quantitative estimate of drug-likeness (QED) is 0.515. The lowest BCUT2D eigenvalue weighted by atomic mass is 9.98. The Morgan fingerprint density at radius 1 is 1.10 bits per heavy atom. The molecule has 0 fully saturated rings. The third-order valence-electron chi connectivity index (χ3n) is 4.71. The first-order valence-electron chi connectivity index (χ1n) is 9.30. The average molecular weight is 394 g/mol. The van der Waals surface area contributed by atoms with Crippen molar-refractivity contribution in [1.82, 2.24) is 0 Å². The van der Waals surface area contributed by atoms with E-state index in [-0.39, 0.29) is 5.57 Å². The molecule has 0 radical (unpaired) electrons. The Kier molecular flexibility index (Phi) is 7.67. The lowest BCUT2D eigenvalue weighted by Gasteiger charge is -2.13. The minimum atomic E-state index is -0.488. The number of nitrogens with one attached hydrogen (secondary N) is 1. The third kappa shape index (κ3) is 5.29. The summed E-state index contributed by atoms with van der Waals surface area (Å²) in [7, 11) is 4.52. The maximum atomic E-state index is 12.6. The van der Waals surface area contributed by atoms with Crippen LogP contribution in [0.25, 0.3) is 6.08 Å². The van der Waals surface area contributed by atoms with Crippen molar-refractivity contribution in [3.63, 3.8) is 0 Å². The fourth-order valence-electron chi connectivity index (χ4n) is 2.83. The van der Waals surface area contributed by atoms with Crippen molar-refractivity contribution in [1.29, 1.82) is 5.26 Å². The number of benzene rings is 2. The summed E-state index contributed by atoms with van der Waals surface area (Å²) in [5, 5.41) is 12.2. The van der Waals surface area contributed by atoms with Gasteiger partial charge in [-0.05, 0) is 53.8 Å². The maximum absolute atomic E-state index is 12.6. The summed E-state index contributed by atoms with van der Waals surface area (Å²) in [4.78, 5) is 12.6. The highest BCUT2D eigenvalue weighted by atomic mass is 16.5. The van der Waals surface area contributed by atoms with Gasteiger partial charge in [0, 0.05) is 5.69 Å². The zero-order valence-corrected chi connectivity index (χ0v) is 17.4. The van der Waals surface area contributed by atoms with Crippen LogP contribution in [0, 0.1) is 11.3 Å². The van der Waals surface area contributed by atoms with Crippen molar-refractivity contribution < 1.29 is 19.0 Å². The highest BCUT2D eigenvalue weighted by Crippen LogP contribution is 2.38. The Morgan fingerprint density at radius 3 is 2.14 bits per heavy atom. The van der Waals surface area contributed by atoms with Crippen LogP contribution < -0.4 is 19.5 Å². The highest BCUT2D eigenvalue weighted by molar-refractivity contribution is 6.09. The van der Waals surface area contributed by atoms with Crippen molar-refractivity contribution in [2.45, 2.75) is 26.2 Å². The molecule has 2 aromatic carbocycles. The van der Waals surface area contributed by atoms with E-state index in [4.69, 9.17) is 14.2 Å². The molecular formula is C23H26N2O4. The van der Waals surface area contributed by atoms with E-state index in [1.165, 1.54) is 33.0 Å². The van der Waals surface area contributed by atoms with Gasteiger partial charge >= 0.3 is 0 Å². The summed E-state index contributed by atoms with van der Waals surface area (Å²) in [6, 6.07) is 12.9. The van der Waals surface area contributed by atoms with E-state index in [1.807, 2.05) is 30.3 Å². The molecule has 1 N–H and O–H groups in total. The molecule has 1 amide bonds. The molecular weight excluding hydrogens is 368 g/mol. The second-order valence-corrected chi connectivity index (χ2v) is 6.51. The second-order valence-electron chi connectivity index (χ2n) is 6.51. The highest BCUT2D eigenvalue weighted by Gasteiger charge is 2.15. The maximum Gasteiger partial charge on any atom is 0.266 e. The topological polar surface area (TPSA) is 80.6 Å². The molecule has 1 atom stereocenters. The van der Waals surface area contributed by atoms with Crippen LogP contribution in [0.2, 0.25) is 0 Å².